The third kappa shape index (κ3) is 4.07. The molecule has 0 saturated heterocycles. The van der Waals surface area contributed by atoms with Crippen LogP contribution >= 0.6 is 0 Å². The van der Waals surface area contributed by atoms with Crippen LogP contribution in [-0.4, -0.2) is 37.1 Å². The second kappa shape index (κ2) is 7.08. The van der Waals surface area contributed by atoms with E-state index >= 15 is 0 Å². The topological polar surface area (TPSA) is 29.5 Å². The molecule has 0 aromatic heterocycles. The molecule has 3 heteroatoms. The summed E-state index contributed by atoms with van der Waals surface area (Å²) in [5.74, 6) is -0.270. The van der Waals surface area contributed by atoms with Crippen molar-refractivity contribution < 1.29 is 9.53 Å². The Kier molecular flexibility index (Phi) is 5.40. The first kappa shape index (κ1) is 16.0. The number of carbonyl (C=O) groups excluding carboxylic acids is 1. The monoisotopic (exact) mass is 289 g/mol. The van der Waals surface area contributed by atoms with Crippen LogP contribution in [-0.2, 0) is 11.2 Å². The minimum absolute atomic E-state index is 0.270. The zero-order valence-corrected chi connectivity index (χ0v) is 13.5. The molecule has 1 aromatic carbocycles. The third-order valence-electron chi connectivity index (χ3n) is 4.96. The minimum atomic E-state index is -0.270. The molecule has 0 unspecified atom stereocenters. The van der Waals surface area contributed by atoms with Crippen molar-refractivity contribution in [2.75, 3.05) is 20.7 Å². The first-order valence-corrected chi connectivity index (χ1v) is 7.94. The number of ether oxygens (including phenoxy) is 1. The number of rotatable bonds is 5. The van der Waals surface area contributed by atoms with Crippen LogP contribution < -0.4 is 0 Å². The quantitative estimate of drug-likeness (QED) is 0.775. The van der Waals surface area contributed by atoms with Crippen LogP contribution in [0.1, 0.15) is 54.9 Å². The van der Waals surface area contributed by atoms with Gasteiger partial charge in [-0.1, -0.05) is 31.4 Å². The van der Waals surface area contributed by atoms with Gasteiger partial charge in [0.05, 0.1) is 12.7 Å². The van der Waals surface area contributed by atoms with Gasteiger partial charge in [-0.05, 0) is 50.9 Å². The summed E-state index contributed by atoms with van der Waals surface area (Å²) in [6, 6.07) is 7.76. The summed E-state index contributed by atoms with van der Waals surface area (Å²) in [6.45, 7) is 3.46. The van der Waals surface area contributed by atoms with Gasteiger partial charge in [0.25, 0.3) is 0 Å². The zero-order valence-electron chi connectivity index (χ0n) is 13.5. The zero-order chi connectivity index (χ0) is 15.3. The molecule has 0 heterocycles. The van der Waals surface area contributed by atoms with Gasteiger partial charge in [-0.2, -0.15) is 0 Å². The SMILES string of the molecule is COC(=O)c1ccc(CCN(C)C2(C)CCCCC2)cc1. The first-order chi connectivity index (χ1) is 10.0. The van der Waals surface area contributed by atoms with Crippen molar-refractivity contribution in [2.45, 2.75) is 51.0 Å². The van der Waals surface area contributed by atoms with Gasteiger partial charge < -0.3 is 9.64 Å². The van der Waals surface area contributed by atoms with Crippen molar-refractivity contribution in [3.8, 4) is 0 Å². The van der Waals surface area contributed by atoms with Gasteiger partial charge in [0, 0.05) is 12.1 Å². The lowest BCUT2D eigenvalue weighted by Gasteiger charge is -2.42. The molecule has 0 aliphatic heterocycles. The number of hydrogen-bond acceptors (Lipinski definition) is 3. The van der Waals surface area contributed by atoms with Gasteiger partial charge in [-0.25, -0.2) is 4.79 Å². The van der Waals surface area contributed by atoms with Crippen molar-refractivity contribution >= 4 is 5.97 Å². The molecule has 2 rings (SSSR count). The number of nitrogens with zero attached hydrogens (tertiary/aromatic N) is 1. The van der Waals surface area contributed by atoms with Crippen LogP contribution in [0.2, 0.25) is 0 Å². The molecule has 0 spiro atoms. The molecule has 3 nitrogen and oxygen atoms in total. The Balaban J connectivity index is 1.89. The van der Waals surface area contributed by atoms with Crippen LogP contribution in [0, 0.1) is 0 Å². The predicted molar refractivity (Wildman–Crippen MR) is 85.6 cm³/mol. The molecule has 0 bridgehead atoms. The van der Waals surface area contributed by atoms with E-state index in [9.17, 15) is 4.79 Å². The molecular weight excluding hydrogens is 262 g/mol. The maximum atomic E-state index is 11.4. The highest BCUT2D eigenvalue weighted by Crippen LogP contribution is 2.32. The Labute approximate surface area is 128 Å². The van der Waals surface area contributed by atoms with E-state index < -0.39 is 0 Å². The van der Waals surface area contributed by atoms with Crippen LogP contribution in [0.15, 0.2) is 24.3 Å². The van der Waals surface area contributed by atoms with Gasteiger partial charge in [-0.3, -0.25) is 0 Å². The molecule has 116 valence electrons. The second-order valence-corrected chi connectivity index (χ2v) is 6.42. The standard InChI is InChI=1S/C18H27NO2/c1-18(12-5-4-6-13-18)19(2)14-11-15-7-9-16(10-8-15)17(20)21-3/h7-10H,4-6,11-14H2,1-3H3. The van der Waals surface area contributed by atoms with E-state index in [1.54, 1.807) is 0 Å². The van der Waals surface area contributed by atoms with Crippen LogP contribution in [0.25, 0.3) is 0 Å². The Morgan fingerprint density at radius 2 is 1.81 bits per heavy atom. The lowest BCUT2D eigenvalue weighted by Crippen LogP contribution is -2.46. The Bertz CT molecular complexity index is 461. The number of benzene rings is 1. The minimum Gasteiger partial charge on any atom is -0.465 e. The van der Waals surface area contributed by atoms with E-state index in [-0.39, 0.29) is 5.97 Å². The van der Waals surface area contributed by atoms with Gasteiger partial charge in [0.2, 0.25) is 0 Å². The van der Waals surface area contributed by atoms with E-state index in [4.69, 9.17) is 4.74 Å². The largest absolute Gasteiger partial charge is 0.465 e. The van der Waals surface area contributed by atoms with E-state index in [2.05, 4.69) is 18.9 Å². The normalized spacial score (nSPS) is 17.7. The van der Waals surface area contributed by atoms with E-state index in [0.29, 0.717) is 11.1 Å². The van der Waals surface area contributed by atoms with Crippen molar-refractivity contribution in [3.63, 3.8) is 0 Å². The number of carbonyl (C=O) groups is 1. The summed E-state index contributed by atoms with van der Waals surface area (Å²) in [6.07, 6.45) is 7.74. The maximum Gasteiger partial charge on any atom is 0.337 e. The lowest BCUT2D eigenvalue weighted by molar-refractivity contribution is 0.0600. The molecule has 1 fully saturated rings. The molecule has 1 aromatic rings. The molecular formula is C18H27NO2. The van der Waals surface area contributed by atoms with E-state index in [1.165, 1.54) is 44.8 Å². The molecule has 1 aliphatic carbocycles. The Hall–Kier alpha value is -1.35. The average molecular weight is 289 g/mol. The van der Waals surface area contributed by atoms with Crippen molar-refractivity contribution in [1.29, 1.82) is 0 Å². The molecule has 0 amide bonds. The van der Waals surface area contributed by atoms with Crippen LogP contribution in [0.4, 0.5) is 0 Å². The van der Waals surface area contributed by atoms with E-state index in [0.717, 1.165) is 13.0 Å². The second-order valence-electron chi connectivity index (χ2n) is 6.42. The summed E-state index contributed by atoms with van der Waals surface area (Å²) in [5, 5.41) is 0. The smallest absolute Gasteiger partial charge is 0.337 e. The molecule has 1 aliphatic rings. The highest BCUT2D eigenvalue weighted by Gasteiger charge is 2.30. The molecule has 1 saturated carbocycles. The fraction of sp³-hybridized carbons (Fsp3) is 0.611. The van der Waals surface area contributed by atoms with Gasteiger partial charge in [0.1, 0.15) is 0 Å². The van der Waals surface area contributed by atoms with Crippen molar-refractivity contribution in [1.82, 2.24) is 4.90 Å². The number of esters is 1. The van der Waals surface area contributed by atoms with Crippen LogP contribution in [0.5, 0.6) is 0 Å². The first-order valence-electron chi connectivity index (χ1n) is 7.94. The molecule has 21 heavy (non-hydrogen) atoms. The van der Waals surface area contributed by atoms with Crippen LogP contribution in [0.3, 0.4) is 0 Å². The predicted octanol–water partition coefficient (Wildman–Crippen LogP) is 3.67. The van der Waals surface area contributed by atoms with Gasteiger partial charge in [-0.15, -0.1) is 0 Å². The highest BCUT2D eigenvalue weighted by atomic mass is 16.5. The highest BCUT2D eigenvalue weighted by molar-refractivity contribution is 5.89. The maximum absolute atomic E-state index is 11.4. The fourth-order valence-corrected chi connectivity index (χ4v) is 3.19. The molecule has 0 radical (unpaired) electrons. The Morgan fingerprint density at radius 1 is 1.19 bits per heavy atom. The lowest BCUT2D eigenvalue weighted by atomic mass is 9.82. The number of methoxy groups -OCH3 is 1. The Morgan fingerprint density at radius 3 is 2.38 bits per heavy atom. The summed E-state index contributed by atoms with van der Waals surface area (Å²) in [5.41, 5.74) is 2.26. The van der Waals surface area contributed by atoms with Gasteiger partial charge >= 0.3 is 5.97 Å². The summed E-state index contributed by atoms with van der Waals surface area (Å²) < 4.78 is 4.72. The average Bonchev–Trinajstić information content (AvgIpc) is 2.53. The molecule has 0 N–H and O–H groups in total. The summed E-state index contributed by atoms with van der Waals surface area (Å²) >= 11 is 0. The molecule has 0 atom stereocenters. The van der Waals surface area contributed by atoms with Crippen molar-refractivity contribution in [3.05, 3.63) is 35.4 Å². The third-order valence-corrected chi connectivity index (χ3v) is 4.96. The fourth-order valence-electron chi connectivity index (χ4n) is 3.19. The van der Waals surface area contributed by atoms with E-state index in [1.807, 2.05) is 24.3 Å². The summed E-state index contributed by atoms with van der Waals surface area (Å²) in [4.78, 5) is 13.9. The van der Waals surface area contributed by atoms with Crippen molar-refractivity contribution in [2.24, 2.45) is 0 Å². The number of hydrogen-bond donors (Lipinski definition) is 0. The summed E-state index contributed by atoms with van der Waals surface area (Å²) in [7, 11) is 3.66. The number of likely N-dealkylation sites (N-methyl/N-ethyl adjacent to an activating group) is 1. The van der Waals surface area contributed by atoms with Gasteiger partial charge in [0.15, 0.2) is 0 Å².